The van der Waals surface area contributed by atoms with Gasteiger partial charge in [0.25, 0.3) is 5.91 Å². The molecule has 1 saturated carbocycles. The topological polar surface area (TPSA) is 59.5 Å². The zero-order chi connectivity index (χ0) is 12.4. The van der Waals surface area contributed by atoms with Gasteiger partial charge in [-0.05, 0) is 47.7 Å². The Labute approximate surface area is 109 Å². The van der Waals surface area contributed by atoms with Crippen LogP contribution in [0, 0.1) is 0 Å². The van der Waals surface area contributed by atoms with Gasteiger partial charge in [-0.15, -0.1) is 0 Å². The fraction of sp³-hybridized carbons (Fsp3) is 0.583. The fourth-order valence-electron chi connectivity index (χ4n) is 2.29. The zero-order valence-electron chi connectivity index (χ0n) is 9.86. The Kier molecular flexibility index (Phi) is 3.89. The summed E-state index contributed by atoms with van der Waals surface area (Å²) in [5.41, 5.74) is 6.45. The Morgan fingerprint density at radius 1 is 1.47 bits per heavy atom. The average molecular weight is 301 g/mol. The van der Waals surface area contributed by atoms with E-state index in [1.54, 1.807) is 6.07 Å². The van der Waals surface area contributed by atoms with E-state index in [0.717, 1.165) is 25.7 Å². The number of carbonyl (C=O) groups is 1. The van der Waals surface area contributed by atoms with E-state index in [1.165, 1.54) is 6.26 Å². The fourth-order valence-corrected chi connectivity index (χ4v) is 2.70. The molecule has 0 saturated heterocycles. The van der Waals surface area contributed by atoms with Crippen LogP contribution in [-0.4, -0.2) is 29.9 Å². The third kappa shape index (κ3) is 2.72. The zero-order valence-corrected chi connectivity index (χ0v) is 11.4. The lowest BCUT2D eigenvalue weighted by atomic mass is 9.91. The molecule has 1 aromatic rings. The lowest BCUT2D eigenvalue weighted by Gasteiger charge is -2.33. The SMILES string of the molecule is CN(C(=O)c1ccoc1Br)C1CCC(N)CC1. The van der Waals surface area contributed by atoms with Crippen LogP contribution in [0.15, 0.2) is 21.4 Å². The summed E-state index contributed by atoms with van der Waals surface area (Å²) < 4.78 is 5.59. The average Bonchev–Trinajstić information content (AvgIpc) is 2.74. The molecule has 4 nitrogen and oxygen atoms in total. The van der Waals surface area contributed by atoms with Crippen molar-refractivity contribution in [2.75, 3.05) is 7.05 Å². The maximum absolute atomic E-state index is 12.2. The maximum Gasteiger partial charge on any atom is 0.258 e. The Balaban J connectivity index is 2.03. The van der Waals surface area contributed by atoms with Gasteiger partial charge in [-0.2, -0.15) is 0 Å². The molecule has 0 radical (unpaired) electrons. The van der Waals surface area contributed by atoms with E-state index in [2.05, 4.69) is 15.9 Å². The van der Waals surface area contributed by atoms with Crippen molar-refractivity contribution in [2.24, 2.45) is 5.73 Å². The highest BCUT2D eigenvalue weighted by Gasteiger charge is 2.27. The van der Waals surface area contributed by atoms with E-state index in [9.17, 15) is 4.79 Å². The van der Waals surface area contributed by atoms with Crippen LogP contribution in [0.1, 0.15) is 36.0 Å². The Hall–Kier alpha value is -0.810. The predicted octanol–water partition coefficient (Wildman–Crippen LogP) is 2.38. The van der Waals surface area contributed by atoms with E-state index in [1.807, 2.05) is 11.9 Å². The first-order valence-corrected chi connectivity index (χ1v) is 6.64. The normalized spacial score (nSPS) is 24.6. The van der Waals surface area contributed by atoms with Crippen LogP contribution in [-0.2, 0) is 0 Å². The number of hydrogen-bond donors (Lipinski definition) is 1. The maximum atomic E-state index is 12.2. The van der Waals surface area contributed by atoms with Crippen molar-refractivity contribution >= 4 is 21.8 Å². The molecule has 5 heteroatoms. The van der Waals surface area contributed by atoms with Gasteiger partial charge in [0.1, 0.15) is 0 Å². The van der Waals surface area contributed by atoms with Crippen LogP contribution in [0.25, 0.3) is 0 Å². The number of rotatable bonds is 2. The summed E-state index contributed by atoms with van der Waals surface area (Å²) in [4.78, 5) is 14.0. The van der Waals surface area contributed by atoms with Crippen molar-refractivity contribution < 1.29 is 9.21 Å². The summed E-state index contributed by atoms with van der Waals surface area (Å²) in [5, 5.41) is 0. The Morgan fingerprint density at radius 2 is 2.12 bits per heavy atom. The number of hydrogen-bond acceptors (Lipinski definition) is 3. The molecule has 0 atom stereocenters. The highest BCUT2D eigenvalue weighted by atomic mass is 79.9. The predicted molar refractivity (Wildman–Crippen MR) is 68.7 cm³/mol. The van der Waals surface area contributed by atoms with E-state index >= 15 is 0 Å². The highest BCUT2D eigenvalue weighted by Crippen LogP contribution is 2.25. The first-order chi connectivity index (χ1) is 8.09. The standard InChI is InChI=1S/C12H17BrN2O2/c1-15(9-4-2-8(14)3-5-9)12(16)10-6-7-17-11(10)13/h6-9H,2-5,14H2,1H3. The van der Waals surface area contributed by atoms with E-state index in [-0.39, 0.29) is 5.91 Å². The number of amides is 1. The number of furan rings is 1. The van der Waals surface area contributed by atoms with E-state index in [0.29, 0.717) is 22.3 Å². The third-order valence-corrected chi connectivity index (χ3v) is 4.07. The summed E-state index contributed by atoms with van der Waals surface area (Å²) in [6.45, 7) is 0. The van der Waals surface area contributed by atoms with Crippen molar-refractivity contribution in [1.29, 1.82) is 0 Å². The van der Waals surface area contributed by atoms with Gasteiger partial charge in [0, 0.05) is 19.1 Å². The first kappa shape index (κ1) is 12.6. The Morgan fingerprint density at radius 3 is 2.65 bits per heavy atom. The van der Waals surface area contributed by atoms with Crippen molar-refractivity contribution in [2.45, 2.75) is 37.8 Å². The largest absolute Gasteiger partial charge is 0.457 e. The summed E-state index contributed by atoms with van der Waals surface area (Å²) in [7, 11) is 1.85. The number of nitrogens with zero attached hydrogens (tertiary/aromatic N) is 1. The molecule has 2 N–H and O–H groups in total. The van der Waals surface area contributed by atoms with Crippen molar-refractivity contribution in [3.63, 3.8) is 0 Å². The van der Waals surface area contributed by atoms with Gasteiger partial charge in [0.15, 0.2) is 4.67 Å². The van der Waals surface area contributed by atoms with Crippen LogP contribution in [0.2, 0.25) is 0 Å². The monoisotopic (exact) mass is 300 g/mol. The number of nitrogens with two attached hydrogens (primary N) is 1. The van der Waals surface area contributed by atoms with Crippen LogP contribution < -0.4 is 5.73 Å². The second kappa shape index (κ2) is 5.23. The summed E-state index contributed by atoms with van der Waals surface area (Å²) in [5.74, 6) is 0.00564. The van der Waals surface area contributed by atoms with Crippen LogP contribution in [0.5, 0.6) is 0 Å². The minimum atomic E-state index is 0.00564. The third-order valence-electron chi connectivity index (χ3n) is 3.46. The number of halogens is 1. The quantitative estimate of drug-likeness (QED) is 0.912. The van der Waals surface area contributed by atoms with Crippen LogP contribution in [0.4, 0.5) is 0 Å². The molecule has 0 unspecified atom stereocenters. The van der Waals surface area contributed by atoms with Gasteiger partial charge in [0.05, 0.1) is 11.8 Å². The van der Waals surface area contributed by atoms with Crippen LogP contribution in [0.3, 0.4) is 0 Å². The van der Waals surface area contributed by atoms with Crippen molar-refractivity contribution in [3.8, 4) is 0 Å². The summed E-state index contributed by atoms with van der Waals surface area (Å²) in [6.07, 6.45) is 5.48. The molecular weight excluding hydrogens is 284 g/mol. The summed E-state index contributed by atoms with van der Waals surface area (Å²) >= 11 is 3.23. The van der Waals surface area contributed by atoms with Crippen molar-refractivity contribution in [1.82, 2.24) is 4.90 Å². The minimum absolute atomic E-state index is 0.00564. The molecule has 1 aliphatic carbocycles. The van der Waals surface area contributed by atoms with Gasteiger partial charge in [0.2, 0.25) is 0 Å². The van der Waals surface area contributed by atoms with Gasteiger partial charge >= 0.3 is 0 Å². The lowest BCUT2D eigenvalue weighted by Crippen LogP contribution is -2.41. The molecule has 1 fully saturated rings. The first-order valence-electron chi connectivity index (χ1n) is 5.85. The minimum Gasteiger partial charge on any atom is -0.457 e. The number of carbonyl (C=O) groups excluding carboxylic acids is 1. The molecule has 94 valence electrons. The summed E-state index contributed by atoms with van der Waals surface area (Å²) in [6, 6.07) is 2.29. The molecule has 2 rings (SSSR count). The molecule has 1 aliphatic rings. The molecule has 0 bridgehead atoms. The van der Waals surface area contributed by atoms with E-state index in [4.69, 9.17) is 10.2 Å². The molecule has 0 spiro atoms. The van der Waals surface area contributed by atoms with Crippen LogP contribution >= 0.6 is 15.9 Å². The van der Waals surface area contributed by atoms with E-state index < -0.39 is 0 Å². The molecule has 17 heavy (non-hydrogen) atoms. The second-order valence-electron chi connectivity index (χ2n) is 4.59. The van der Waals surface area contributed by atoms with Gasteiger partial charge in [-0.1, -0.05) is 0 Å². The highest BCUT2D eigenvalue weighted by molar-refractivity contribution is 9.10. The molecule has 1 amide bonds. The molecule has 1 heterocycles. The second-order valence-corrected chi connectivity index (χ2v) is 5.31. The van der Waals surface area contributed by atoms with Gasteiger partial charge < -0.3 is 15.1 Å². The molecule has 1 aromatic heterocycles. The lowest BCUT2D eigenvalue weighted by molar-refractivity contribution is 0.0688. The van der Waals surface area contributed by atoms with Crippen molar-refractivity contribution in [3.05, 3.63) is 22.6 Å². The Bertz CT molecular complexity index is 397. The van der Waals surface area contributed by atoms with Gasteiger partial charge in [-0.3, -0.25) is 4.79 Å². The molecule has 0 aromatic carbocycles. The smallest absolute Gasteiger partial charge is 0.258 e. The molecule has 0 aliphatic heterocycles. The molecular formula is C12H17BrN2O2. The van der Waals surface area contributed by atoms with Gasteiger partial charge in [-0.25, -0.2) is 0 Å².